The number of aliphatic hydroxyl groups excluding tert-OH is 1. The van der Waals surface area contributed by atoms with E-state index in [1.54, 1.807) is 4.90 Å². The molecule has 1 aromatic carbocycles. The van der Waals surface area contributed by atoms with Crippen LogP contribution in [0.4, 0.5) is 5.69 Å². The van der Waals surface area contributed by atoms with Crippen molar-refractivity contribution in [2.24, 2.45) is 0 Å². The molecular formula is C20H33N3O3. The second kappa shape index (κ2) is 9.46. The Morgan fingerprint density at radius 2 is 1.73 bits per heavy atom. The van der Waals surface area contributed by atoms with Crippen LogP contribution in [-0.4, -0.2) is 85.4 Å². The average molecular weight is 364 g/mol. The molecule has 0 aromatic heterocycles. The summed E-state index contributed by atoms with van der Waals surface area (Å²) in [5.41, 5.74) is 0.684. The molecule has 1 aliphatic heterocycles. The molecule has 1 atom stereocenters. The molecule has 146 valence electrons. The lowest BCUT2D eigenvalue weighted by Gasteiger charge is -2.36. The fourth-order valence-electron chi connectivity index (χ4n) is 2.92. The van der Waals surface area contributed by atoms with Crippen LogP contribution in [0.5, 0.6) is 0 Å². The molecular weight excluding hydrogens is 330 g/mol. The number of nitrogens with zero attached hydrogens (tertiary/aromatic N) is 3. The summed E-state index contributed by atoms with van der Waals surface area (Å²) < 4.78 is 5.64. The van der Waals surface area contributed by atoms with Gasteiger partial charge in [-0.15, -0.1) is 0 Å². The summed E-state index contributed by atoms with van der Waals surface area (Å²) in [6.07, 6.45) is -0.480. The van der Waals surface area contributed by atoms with Gasteiger partial charge >= 0.3 is 0 Å². The first-order chi connectivity index (χ1) is 12.2. The van der Waals surface area contributed by atoms with Crippen LogP contribution < -0.4 is 4.90 Å². The number of anilines is 1. The monoisotopic (exact) mass is 363 g/mol. The second-order valence-corrected chi connectivity index (χ2v) is 7.94. The number of hydrogen-bond acceptors (Lipinski definition) is 5. The van der Waals surface area contributed by atoms with Crippen LogP contribution in [0.2, 0.25) is 0 Å². The van der Waals surface area contributed by atoms with Crippen molar-refractivity contribution in [3.8, 4) is 0 Å². The Kier molecular flexibility index (Phi) is 7.58. The van der Waals surface area contributed by atoms with Crippen LogP contribution >= 0.6 is 0 Å². The third kappa shape index (κ3) is 7.03. The molecule has 1 saturated heterocycles. The van der Waals surface area contributed by atoms with E-state index in [0.717, 1.165) is 31.9 Å². The number of piperazine rings is 1. The number of amides is 1. The van der Waals surface area contributed by atoms with E-state index in [9.17, 15) is 9.90 Å². The van der Waals surface area contributed by atoms with E-state index in [-0.39, 0.29) is 11.5 Å². The van der Waals surface area contributed by atoms with Crippen molar-refractivity contribution < 1.29 is 14.6 Å². The van der Waals surface area contributed by atoms with E-state index in [0.29, 0.717) is 19.7 Å². The van der Waals surface area contributed by atoms with Crippen LogP contribution in [0.15, 0.2) is 30.3 Å². The predicted octanol–water partition coefficient (Wildman–Crippen LogP) is 1.44. The Morgan fingerprint density at radius 1 is 1.15 bits per heavy atom. The Hall–Kier alpha value is -1.47. The van der Waals surface area contributed by atoms with Crippen molar-refractivity contribution in [1.29, 1.82) is 0 Å². The Labute approximate surface area is 157 Å². The lowest BCUT2D eigenvalue weighted by molar-refractivity contribution is -0.120. The SMILES string of the molecule is CN(C(=O)CN1CCN(CC(O)COC(C)(C)C)CC1)c1ccccc1. The maximum absolute atomic E-state index is 12.5. The molecule has 0 bridgehead atoms. The maximum atomic E-state index is 12.5. The van der Waals surface area contributed by atoms with Crippen molar-refractivity contribution in [3.63, 3.8) is 0 Å². The smallest absolute Gasteiger partial charge is 0.240 e. The minimum Gasteiger partial charge on any atom is -0.389 e. The molecule has 1 amide bonds. The molecule has 6 heteroatoms. The Bertz CT molecular complexity index is 551. The van der Waals surface area contributed by atoms with Gasteiger partial charge in [-0.1, -0.05) is 18.2 Å². The highest BCUT2D eigenvalue weighted by Crippen LogP contribution is 2.12. The second-order valence-electron chi connectivity index (χ2n) is 7.94. The molecule has 0 spiro atoms. The summed E-state index contributed by atoms with van der Waals surface area (Å²) in [6.45, 7) is 10.7. The molecule has 0 saturated carbocycles. The number of hydrogen-bond donors (Lipinski definition) is 1. The maximum Gasteiger partial charge on any atom is 0.240 e. The Morgan fingerprint density at radius 3 is 2.31 bits per heavy atom. The van der Waals surface area contributed by atoms with Crippen molar-refractivity contribution in [1.82, 2.24) is 9.80 Å². The van der Waals surface area contributed by atoms with Crippen LogP contribution in [-0.2, 0) is 9.53 Å². The highest BCUT2D eigenvalue weighted by atomic mass is 16.5. The molecule has 2 rings (SSSR count). The van der Waals surface area contributed by atoms with E-state index in [1.165, 1.54) is 0 Å². The van der Waals surface area contributed by atoms with Crippen molar-refractivity contribution in [2.75, 3.05) is 57.8 Å². The summed E-state index contributed by atoms with van der Waals surface area (Å²) in [4.78, 5) is 18.6. The third-order valence-electron chi connectivity index (χ3n) is 4.52. The first-order valence-corrected chi connectivity index (χ1v) is 9.33. The zero-order valence-corrected chi connectivity index (χ0v) is 16.5. The largest absolute Gasteiger partial charge is 0.389 e. The standard InChI is InChI=1S/C20H33N3O3/c1-20(2,3)26-16-18(24)14-22-10-12-23(13-11-22)15-19(25)21(4)17-8-6-5-7-9-17/h5-9,18,24H,10-16H2,1-4H3. The van der Waals surface area contributed by atoms with Crippen LogP contribution in [0.1, 0.15) is 20.8 Å². The number of rotatable bonds is 7. The molecule has 1 unspecified atom stereocenters. The van der Waals surface area contributed by atoms with Crippen molar-refractivity contribution in [3.05, 3.63) is 30.3 Å². The molecule has 26 heavy (non-hydrogen) atoms. The summed E-state index contributed by atoms with van der Waals surface area (Å²) in [6, 6.07) is 9.70. The fraction of sp³-hybridized carbons (Fsp3) is 0.650. The van der Waals surface area contributed by atoms with Crippen LogP contribution in [0.3, 0.4) is 0 Å². The lowest BCUT2D eigenvalue weighted by Crippen LogP contribution is -2.51. The molecule has 6 nitrogen and oxygen atoms in total. The van der Waals surface area contributed by atoms with Gasteiger partial charge in [-0.2, -0.15) is 0 Å². The normalized spacial score (nSPS) is 17.9. The van der Waals surface area contributed by atoms with Gasteiger partial charge in [-0.05, 0) is 32.9 Å². The summed E-state index contributed by atoms with van der Waals surface area (Å²) in [7, 11) is 1.82. The molecule has 0 aliphatic carbocycles. The number of aliphatic hydroxyl groups is 1. The average Bonchev–Trinajstić information content (AvgIpc) is 2.61. The van der Waals surface area contributed by atoms with Gasteiger partial charge in [0.25, 0.3) is 0 Å². The van der Waals surface area contributed by atoms with Gasteiger partial charge in [-0.25, -0.2) is 0 Å². The first kappa shape index (κ1) is 20.8. The molecule has 1 fully saturated rings. The molecule has 0 radical (unpaired) electrons. The van der Waals surface area contributed by atoms with Crippen molar-refractivity contribution in [2.45, 2.75) is 32.5 Å². The van der Waals surface area contributed by atoms with Crippen LogP contribution in [0.25, 0.3) is 0 Å². The van der Waals surface area contributed by atoms with E-state index in [1.807, 2.05) is 58.2 Å². The highest BCUT2D eigenvalue weighted by Gasteiger charge is 2.23. The van der Waals surface area contributed by atoms with Gasteiger partial charge < -0.3 is 14.7 Å². The minimum absolute atomic E-state index is 0.100. The van der Waals surface area contributed by atoms with E-state index in [2.05, 4.69) is 9.80 Å². The summed E-state index contributed by atoms with van der Waals surface area (Å²) >= 11 is 0. The predicted molar refractivity (Wildman–Crippen MR) is 104 cm³/mol. The number of ether oxygens (including phenoxy) is 1. The van der Waals surface area contributed by atoms with Gasteiger partial charge in [-0.3, -0.25) is 14.6 Å². The molecule has 1 aromatic rings. The number of carbonyl (C=O) groups excluding carboxylic acids is 1. The number of β-amino-alcohol motifs (C(OH)–C–C–N with tert-alkyl or cyclic N) is 1. The molecule has 1 aliphatic rings. The first-order valence-electron chi connectivity index (χ1n) is 9.33. The number of likely N-dealkylation sites (N-methyl/N-ethyl adjacent to an activating group) is 1. The summed E-state index contributed by atoms with van der Waals surface area (Å²) in [5, 5.41) is 10.1. The van der Waals surface area contributed by atoms with Gasteiger partial charge in [0.2, 0.25) is 5.91 Å². The fourth-order valence-corrected chi connectivity index (χ4v) is 2.92. The van der Waals surface area contributed by atoms with Gasteiger partial charge in [0.05, 0.1) is 24.9 Å². The zero-order valence-electron chi connectivity index (χ0n) is 16.5. The quantitative estimate of drug-likeness (QED) is 0.795. The summed E-state index contributed by atoms with van der Waals surface area (Å²) in [5.74, 6) is 0.100. The van der Waals surface area contributed by atoms with Gasteiger partial charge in [0, 0.05) is 45.5 Å². The third-order valence-corrected chi connectivity index (χ3v) is 4.52. The lowest BCUT2D eigenvalue weighted by atomic mass is 10.2. The number of benzene rings is 1. The van der Waals surface area contributed by atoms with Gasteiger partial charge in [0.15, 0.2) is 0 Å². The van der Waals surface area contributed by atoms with E-state index >= 15 is 0 Å². The minimum atomic E-state index is -0.480. The molecule has 1 heterocycles. The number of para-hydroxylation sites is 1. The van der Waals surface area contributed by atoms with Gasteiger partial charge in [0.1, 0.15) is 0 Å². The highest BCUT2D eigenvalue weighted by molar-refractivity contribution is 5.94. The topological polar surface area (TPSA) is 56.3 Å². The molecule has 1 N–H and O–H groups in total. The number of carbonyl (C=O) groups is 1. The van der Waals surface area contributed by atoms with E-state index in [4.69, 9.17) is 4.74 Å². The zero-order chi connectivity index (χ0) is 19.2. The van der Waals surface area contributed by atoms with E-state index < -0.39 is 6.10 Å². The Balaban J connectivity index is 1.70. The van der Waals surface area contributed by atoms with Crippen molar-refractivity contribution >= 4 is 11.6 Å². The van der Waals surface area contributed by atoms with Crippen LogP contribution in [0, 0.1) is 0 Å².